The smallest absolute Gasteiger partial charge is 0.216 e. The predicted molar refractivity (Wildman–Crippen MR) is 75.4 cm³/mol. The number of hydrogen-bond donors (Lipinski definition) is 1. The zero-order valence-corrected chi connectivity index (χ0v) is 12.2. The fraction of sp³-hybridized carbons (Fsp3) is 0.500. The minimum absolute atomic E-state index is 0.0186. The number of nitrogens with zero attached hydrogens (tertiary/aromatic N) is 1. The van der Waals surface area contributed by atoms with Gasteiger partial charge >= 0.3 is 0 Å². The van der Waals surface area contributed by atoms with Crippen molar-refractivity contribution in [2.24, 2.45) is 0 Å². The third kappa shape index (κ3) is 4.04. The molecule has 0 spiro atoms. The van der Waals surface area contributed by atoms with Crippen LogP contribution < -0.4 is 4.72 Å². The number of nitrogens with one attached hydrogen (secondary N) is 1. The van der Waals surface area contributed by atoms with Crippen molar-refractivity contribution in [3.63, 3.8) is 0 Å². The molecule has 0 heterocycles. The molecule has 108 valence electrons. The second kappa shape index (κ2) is 6.35. The SMILES string of the molecule is CCOC1CC(NS(=O)(=O)Cc2ccc(C#N)cc2)C1. The number of sulfonamides is 1. The molecule has 1 aromatic carbocycles. The molecule has 1 aliphatic rings. The van der Waals surface area contributed by atoms with E-state index in [2.05, 4.69) is 4.72 Å². The molecule has 0 unspecified atom stereocenters. The molecule has 2 rings (SSSR count). The van der Waals surface area contributed by atoms with Gasteiger partial charge in [-0.15, -0.1) is 0 Å². The highest BCUT2D eigenvalue weighted by Crippen LogP contribution is 2.24. The van der Waals surface area contributed by atoms with Gasteiger partial charge in [0.25, 0.3) is 0 Å². The van der Waals surface area contributed by atoms with Gasteiger partial charge in [-0.2, -0.15) is 5.26 Å². The van der Waals surface area contributed by atoms with E-state index in [9.17, 15) is 8.42 Å². The van der Waals surface area contributed by atoms with Crippen LogP contribution in [0.15, 0.2) is 24.3 Å². The summed E-state index contributed by atoms with van der Waals surface area (Å²) in [5, 5.41) is 8.70. The van der Waals surface area contributed by atoms with E-state index in [1.165, 1.54) is 0 Å². The van der Waals surface area contributed by atoms with E-state index in [-0.39, 0.29) is 17.9 Å². The molecular weight excluding hydrogens is 276 g/mol. The fourth-order valence-corrected chi connectivity index (χ4v) is 3.64. The summed E-state index contributed by atoms with van der Waals surface area (Å²) in [6.07, 6.45) is 1.66. The Balaban J connectivity index is 1.87. The molecule has 0 aromatic heterocycles. The molecule has 0 saturated heterocycles. The van der Waals surface area contributed by atoms with Gasteiger partial charge in [0.1, 0.15) is 0 Å². The lowest BCUT2D eigenvalue weighted by Crippen LogP contribution is -2.48. The molecule has 1 N–H and O–H groups in total. The maximum atomic E-state index is 12.0. The first-order chi connectivity index (χ1) is 9.52. The van der Waals surface area contributed by atoms with Crippen LogP contribution >= 0.6 is 0 Å². The molecular formula is C14H18N2O3S. The first-order valence-corrected chi connectivity index (χ1v) is 8.28. The van der Waals surface area contributed by atoms with E-state index in [1.807, 2.05) is 13.0 Å². The van der Waals surface area contributed by atoms with Crippen LogP contribution in [0.3, 0.4) is 0 Å². The Morgan fingerprint density at radius 1 is 1.35 bits per heavy atom. The van der Waals surface area contributed by atoms with Gasteiger partial charge in [0.2, 0.25) is 10.0 Å². The Labute approximate surface area is 119 Å². The van der Waals surface area contributed by atoms with Crippen molar-refractivity contribution < 1.29 is 13.2 Å². The highest BCUT2D eigenvalue weighted by atomic mass is 32.2. The Morgan fingerprint density at radius 2 is 2.00 bits per heavy atom. The zero-order chi connectivity index (χ0) is 14.6. The van der Waals surface area contributed by atoms with E-state index >= 15 is 0 Å². The maximum absolute atomic E-state index is 12.0. The van der Waals surface area contributed by atoms with E-state index < -0.39 is 10.0 Å². The molecule has 1 saturated carbocycles. The first-order valence-electron chi connectivity index (χ1n) is 6.63. The van der Waals surface area contributed by atoms with Gasteiger partial charge in [0.15, 0.2) is 0 Å². The van der Waals surface area contributed by atoms with Crippen molar-refractivity contribution >= 4 is 10.0 Å². The van der Waals surface area contributed by atoms with Crippen LogP contribution in [0, 0.1) is 11.3 Å². The van der Waals surface area contributed by atoms with Crippen molar-refractivity contribution in [2.75, 3.05) is 6.61 Å². The molecule has 0 bridgehead atoms. The monoisotopic (exact) mass is 294 g/mol. The molecule has 6 heteroatoms. The largest absolute Gasteiger partial charge is 0.378 e. The van der Waals surface area contributed by atoms with Crippen molar-refractivity contribution in [2.45, 2.75) is 37.7 Å². The third-order valence-corrected chi connectivity index (χ3v) is 4.69. The average Bonchev–Trinajstić information content (AvgIpc) is 2.36. The lowest BCUT2D eigenvalue weighted by atomic mass is 9.90. The Hall–Kier alpha value is -1.42. The summed E-state index contributed by atoms with van der Waals surface area (Å²) < 4.78 is 32.1. The molecule has 0 radical (unpaired) electrons. The minimum Gasteiger partial charge on any atom is -0.378 e. The highest BCUT2D eigenvalue weighted by molar-refractivity contribution is 7.88. The van der Waals surface area contributed by atoms with Crippen molar-refractivity contribution in [3.8, 4) is 6.07 Å². The highest BCUT2D eigenvalue weighted by Gasteiger charge is 2.32. The summed E-state index contributed by atoms with van der Waals surface area (Å²) in [6.45, 7) is 2.60. The van der Waals surface area contributed by atoms with Gasteiger partial charge in [-0.25, -0.2) is 13.1 Å². The van der Waals surface area contributed by atoms with Crippen LogP contribution in [0.25, 0.3) is 0 Å². The Kier molecular flexibility index (Phi) is 4.76. The van der Waals surface area contributed by atoms with Crippen LogP contribution in [0.4, 0.5) is 0 Å². The number of rotatable bonds is 6. The Morgan fingerprint density at radius 3 is 2.55 bits per heavy atom. The second-order valence-corrected chi connectivity index (χ2v) is 6.69. The number of hydrogen-bond acceptors (Lipinski definition) is 4. The van der Waals surface area contributed by atoms with Gasteiger partial charge in [-0.05, 0) is 37.5 Å². The summed E-state index contributed by atoms with van der Waals surface area (Å²) >= 11 is 0. The molecule has 0 atom stereocenters. The van der Waals surface area contributed by atoms with Crippen LogP contribution in [0.1, 0.15) is 30.9 Å². The number of benzene rings is 1. The zero-order valence-electron chi connectivity index (χ0n) is 11.4. The van der Waals surface area contributed by atoms with Crippen molar-refractivity contribution in [3.05, 3.63) is 35.4 Å². The third-order valence-electron chi connectivity index (χ3n) is 3.28. The first kappa shape index (κ1) is 15.0. The summed E-state index contributed by atoms with van der Waals surface area (Å²) in [4.78, 5) is 0. The summed E-state index contributed by atoms with van der Waals surface area (Å²) in [5.41, 5.74) is 1.20. The van der Waals surface area contributed by atoms with E-state index in [0.29, 0.717) is 17.7 Å². The summed E-state index contributed by atoms with van der Waals surface area (Å²) in [7, 11) is -3.34. The molecule has 0 amide bonds. The van der Waals surface area contributed by atoms with Crippen LogP contribution in [-0.4, -0.2) is 27.2 Å². The topological polar surface area (TPSA) is 79.2 Å². The van der Waals surface area contributed by atoms with Crippen LogP contribution in [-0.2, 0) is 20.5 Å². The van der Waals surface area contributed by atoms with Gasteiger partial charge in [0.05, 0.1) is 23.5 Å². The van der Waals surface area contributed by atoms with Gasteiger partial charge in [0, 0.05) is 12.6 Å². The average molecular weight is 294 g/mol. The van der Waals surface area contributed by atoms with E-state index in [4.69, 9.17) is 10.00 Å². The van der Waals surface area contributed by atoms with Gasteiger partial charge in [-0.1, -0.05) is 12.1 Å². The maximum Gasteiger partial charge on any atom is 0.216 e. The predicted octanol–water partition coefficient (Wildman–Crippen LogP) is 1.55. The van der Waals surface area contributed by atoms with E-state index in [0.717, 1.165) is 12.8 Å². The molecule has 0 aliphatic heterocycles. The molecule has 5 nitrogen and oxygen atoms in total. The quantitative estimate of drug-likeness (QED) is 0.863. The lowest BCUT2D eigenvalue weighted by molar-refractivity contribution is -0.00476. The fourth-order valence-electron chi connectivity index (χ4n) is 2.22. The molecule has 1 aromatic rings. The van der Waals surface area contributed by atoms with Crippen molar-refractivity contribution in [1.82, 2.24) is 4.72 Å². The lowest BCUT2D eigenvalue weighted by Gasteiger charge is -2.35. The summed E-state index contributed by atoms with van der Waals surface area (Å²) in [5.74, 6) is -0.0610. The number of nitriles is 1. The van der Waals surface area contributed by atoms with Crippen LogP contribution in [0.5, 0.6) is 0 Å². The standard InChI is InChI=1S/C14H18N2O3S/c1-2-19-14-7-13(8-14)16-20(17,18)10-12-5-3-11(9-15)4-6-12/h3-6,13-14,16H,2,7-8,10H2,1H3. The van der Waals surface area contributed by atoms with Gasteiger partial charge < -0.3 is 4.74 Å². The molecule has 1 aliphatic carbocycles. The molecule has 20 heavy (non-hydrogen) atoms. The second-order valence-electron chi connectivity index (χ2n) is 4.93. The minimum atomic E-state index is -3.34. The summed E-state index contributed by atoms with van der Waals surface area (Å²) in [6, 6.07) is 8.57. The Bertz CT molecular complexity index is 584. The van der Waals surface area contributed by atoms with Crippen LogP contribution in [0.2, 0.25) is 0 Å². The number of ether oxygens (including phenoxy) is 1. The van der Waals surface area contributed by atoms with Gasteiger partial charge in [-0.3, -0.25) is 0 Å². The molecule has 1 fully saturated rings. The normalized spacial score (nSPS) is 22.0. The van der Waals surface area contributed by atoms with Crippen molar-refractivity contribution in [1.29, 1.82) is 5.26 Å². The van der Waals surface area contributed by atoms with E-state index in [1.54, 1.807) is 24.3 Å².